The van der Waals surface area contributed by atoms with Crippen molar-refractivity contribution < 1.29 is 44.4 Å². The topological polar surface area (TPSA) is 140 Å². The average Bonchev–Trinajstić information content (AvgIpc) is 2.75. The van der Waals surface area contributed by atoms with Crippen LogP contribution >= 0.6 is 0 Å². The number of fused-ring (bicyclic) bond motifs is 1. The highest BCUT2D eigenvalue weighted by atomic mass is 32.3. The number of pyridine rings is 1. The number of aryl methyl sites for hydroxylation is 1. The summed E-state index contributed by atoms with van der Waals surface area (Å²) in [6.45, 7) is 1.81. The van der Waals surface area contributed by atoms with Crippen molar-refractivity contribution in [3.05, 3.63) is 70.9 Å². The molecule has 0 amide bonds. The molecule has 31 heavy (non-hydrogen) atoms. The van der Waals surface area contributed by atoms with Crippen LogP contribution in [0.5, 0.6) is 0 Å². The van der Waals surface area contributed by atoms with Crippen LogP contribution in [0, 0.1) is 6.92 Å². The van der Waals surface area contributed by atoms with Gasteiger partial charge in [0.05, 0.1) is 26.9 Å². The van der Waals surface area contributed by atoms with Crippen molar-refractivity contribution in [3.8, 4) is 0 Å². The number of ketones is 2. The molecule has 166 valence electrons. The van der Waals surface area contributed by atoms with Crippen LogP contribution in [-0.4, -0.2) is 50.1 Å². The summed E-state index contributed by atoms with van der Waals surface area (Å²) in [7, 11) is -2.70. The Morgan fingerprint density at radius 1 is 0.935 bits per heavy atom. The van der Waals surface area contributed by atoms with Gasteiger partial charge in [0.2, 0.25) is 33.5 Å². The number of rotatable bonds is 5. The highest BCUT2D eigenvalue weighted by Crippen LogP contribution is 2.30. The van der Waals surface area contributed by atoms with Gasteiger partial charge in [0.15, 0.2) is 11.9 Å². The first-order chi connectivity index (χ1) is 14.6. The summed E-state index contributed by atoms with van der Waals surface area (Å²) in [4.78, 5) is 25.7. The molecule has 12 heteroatoms. The Bertz CT molecular complexity index is 1190. The van der Waals surface area contributed by atoms with Gasteiger partial charge >= 0.3 is 11.0 Å². The number of aromatic nitrogens is 1. The molecule has 1 aliphatic carbocycles. The molecule has 1 heterocycles. The molecular weight excluding hydrogens is 450 g/mol. The van der Waals surface area contributed by atoms with E-state index in [9.17, 15) is 26.8 Å². The number of ether oxygens (including phenoxy) is 2. The van der Waals surface area contributed by atoms with Gasteiger partial charge in [-0.3, -0.25) is 13.8 Å². The zero-order valence-electron chi connectivity index (χ0n) is 17.0. The Balaban J connectivity index is 0.000000501. The van der Waals surface area contributed by atoms with Crippen LogP contribution in [0.2, 0.25) is 0 Å². The molecule has 3 rings (SSSR count). The molecule has 0 radical (unpaired) electrons. The lowest BCUT2D eigenvalue weighted by atomic mass is 9.92. The number of allylic oxidation sites excluding steroid dienone is 2. The lowest BCUT2D eigenvalue weighted by molar-refractivity contribution is -0.512. The average molecular weight is 469 g/mol. The van der Waals surface area contributed by atoms with Crippen LogP contribution in [-0.2, 0) is 35.0 Å². The molecule has 1 aromatic heterocycles. The number of hydrogen-bond donors (Lipinski definition) is 0. The molecule has 1 atom stereocenters. The third-order valence-corrected chi connectivity index (χ3v) is 6.01. The first-order valence-corrected chi connectivity index (χ1v) is 11.0. The molecule has 0 N–H and O–H groups in total. The summed E-state index contributed by atoms with van der Waals surface area (Å²) >= 11 is 0. The molecule has 10 nitrogen and oxygen atoms in total. The van der Waals surface area contributed by atoms with Crippen molar-refractivity contribution in [1.82, 2.24) is 0 Å². The number of benzene rings is 1. The van der Waals surface area contributed by atoms with Gasteiger partial charge in [-0.1, -0.05) is 18.2 Å². The Morgan fingerprint density at radius 2 is 1.52 bits per heavy atom. The highest BCUT2D eigenvalue weighted by Gasteiger charge is 2.38. The smallest absolute Gasteiger partial charge is 0.322 e. The maximum Gasteiger partial charge on any atom is 0.322 e. The van der Waals surface area contributed by atoms with Gasteiger partial charge in [-0.2, -0.15) is 4.21 Å². The minimum atomic E-state index is -4.41. The van der Waals surface area contributed by atoms with Crippen LogP contribution in [0.1, 0.15) is 26.4 Å². The molecule has 0 saturated carbocycles. The van der Waals surface area contributed by atoms with Gasteiger partial charge in [0.1, 0.15) is 4.90 Å². The molecule has 2 aromatic rings. The van der Waals surface area contributed by atoms with Crippen molar-refractivity contribution in [2.75, 3.05) is 21.3 Å². The van der Waals surface area contributed by atoms with E-state index in [0.29, 0.717) is 0 Å². The number of methoxy groups -OCH3 is 2. The Hall–Kier alpha value is -2.93. The quantitative estimate of drug-likeness (QED) is 0.354. The number of carbonyl (C=O) groups is 2. The van der Waals surface area contributed by atoms with Crippen molar-refractivity contribution in [2.45, 2.75) is 11.8 Å². The van der Waals surface area contributed by atoms with E-state index in [1.807, 2.05) is 19.1 Å². The fraction of sp³-hybridized carbons (Fsp3) is 0.211. The van der Waals surface area contributed by atoms with Crippen molar-refractivity contribution in [2.24, 2.45) is 0 Å². The first-order valence-electron chi connectivity index (χ1n) is 8.53. The fourth-order valence-corrected chi connectivity index (χ4v) is 4.01. The summed E-state index contributed by atoms with van der Waals surface area (Å²) in [5.74, 6) is -1.32. The predicted molar refractivity (Wildman–Crippen MR) is 106 cm³/mol. The Morgan fingerprint density at radius 3 is 2.03 bits per heavy atom. The lowest BCUT2D eigenvalue weighted by Crippen LogP contribution is -2.41. The van der Waals surface area contributed by atoms with E-state index in [0.717, 1.165) is 12.8 Å². The predicted octanol–water partition coefficient (Wildman–Crippen LogP) is 0.830. The van der Waals surface area contributed by atoms with Gasteiger partial charge in [0.25, 0.3) is 0 Å². The summed E-state index contributed by atoms with van der Waals surface area (Å²) in [5, 5.41) is 0. The monoisotopic (exact) mass is 469 g/mol. The van der Waals surface area contributed by atoms with Gasteiger partial charge in [-0.05, 0) is 6.07 Å². The molecule has 0 saturated heterocycles. The third-order valence-electron chi connectivity index (χ3n) is 4.11. The number of carbonyl (C=O) groups excluding carboxylic acids is 2. The van der Waals surface area contributed by atoms with E-state index in [-0.39, 0.29) is 27.5 Å². The molecule has 1 aliphatic rings. The Kier molecular flexibility index (Phi) is 7.79. The van der Waals surface area contributed by atoms with Crippen LogP contribution in [0.15, 0.2) is 59.0 Å². The molecule has 1 aromatic carbocycles. The molecule has 0 fully saturated rings. The Labute approximate surface area is 181 Å². The van der Waals surface area contributed by atoms with Crippen molar-refractivity contribution >= 4 is 33.0 Å². The largest absolute Gasteiger partial charge is 0.726 e. The molecule has 0 spiro atoms. The normalized spacial score (nSPS) is 14.4. The van der Waals surface area contributed by atoms with Crippen molar-refractivity contribution in [3.63, 3.8) is 0 Å². The number of Topliss-reactive ketones (excluding diaryl/α,β-unsaturated/α-hetero) is 2. The second kappa shape index (κ2) is 9.92. The summed E-state index contributed by atoms with van der Waals surface area (Å²) in [5.41, 5.74) is 0.995. The maximum absolute atomic E-state index is 13.1. The van der Waals surface area contributed by atoms with Gasteiger partial charge in [-0.15, -0.1) is 3.97 Å². The number of hydrogen-bond acceptors (Lipinski definition) is 9. The highest BCUT2D eigenvalue weighted by molar-refractivity contribution is 7.80. The van der Waals surface area contributed by atoms with E-state index < -0.39 is 33.0 Å². The molecule has 1 unspecified atom stereocenters. The fourth-order valence-electron chi connectivity index (χ4n) is 2.72. The van der Waals surface area contributed by atoms with Crippen LogP contribution in [0.25, 0.3) is 0 Å². The van der Waals surface area contributed by atoms with Crippen LogP contribution in [0.3, 0.4) is 0 Å². The van der Waals surface area contributed by atoms with E-state index in [1.165, 1.54) is 24.3 Å². The SMILES string of the molecule is COC1=C(OC)C(=O)c2c(cccc2S(=O)[n+]2ccccc2C)C1=O.COS(=O)(=O)[O-]. The summed E-state index contributed by atoms with van der Waals surface area (Å²) in [6.07, 6.45) is 1.66. The third kappa shape index (κ3) is 5.22. The van der Waals surface area contributed by atoms with Gasteiger partial charge < -0.3 is 14.0 Å². The summed E-state index contributed by atoms with van der Waals surface area (Å²) < 4.78 is 55.7. The van der Waals surface area contributed by atoms with Crippen LogP contribution < -0.4 is 3.97 Å². The minimum Gasteiger partial charge on any atom is -0.726 e. The second-order valence-corrected chi connectivity index (χ2v) is 8.38. The molecule has 0 aliphatic heterocycles. The number of nitrogens with zero attached hydrogens (tertiary/aromatic N) is 1. The lowest BCUT2D eigenvalue weighted by Gasteiger charge is -2.19. The van der Waals surface area contributed by atoms with Gasteiger partial charge in [-0.25, -0.2) is 8.42 Å². The zero-order valence-corrected chi connectivity index (χ0v) is 18.6. The molecule has 0 bridgehead atoms. The van der Waals surface area contributed by atoms with E-state index >= 15 is 0 Å². The first kappa shape index (κ1) is 24.3. The van der Waals surface area contributed by atoms with E-state index in [1.54, 1.807) is 24.4 Å². The van der Waals surface area contributed by atoms with E-state index in [2.05, 4.69) is 4.18 Å². The zero-order chi connectivity index (χ0) is 23.3. The van der Waals surface area contributed by atoms with Crippen molar-refractivity contribution in [1.29, 1.82) is 0 Å². The van der Waals surface area contributed by atoms with E-state index in [4.69, 9.17) is 9.47 Å². The standard InChI is InChI=1S/C18H16NO5S.CH4O4S/c1-11-7-4-5-10-19(11)25(22)13-9-6-8-12-14(13)16(21)18(24-3)17(23-2)15(12)20;1-5-6(2,3)4/h4-10H,1-3H3;1H3,(H,2,3,4)/q+1;/p-1. The summed E-state index contributed by atoms with van der Waals surface area (Å²) in [6, 6.07) is 10.1. The maximum atomic E-state index is 13.1. The second-order valence-electron chi connectivity index (χ2n) is 5.90. The van der Waals surface area contributed by atoms with Gasteiger partial charge in [0, 0.05) is 24.6 Å². The molecular formula is C19H19NO9S2. The van der Waals surface area contributed by atoms with Crippen LogP contribution in [0.4, 0.5) is 0 Å². The minimum absolute atomic E-state index is 0.0826.